The molecule has 3 rings (SSSR count). The van der Waals surface area contributed by atoms with Crippen molar-refractivity contribution in [2.24, 2.45) is 0 Å². The molecule has 0 aliphatic carbocycles. The average molecular weight is 361 g/mol. The summed E-state index contributed by atoms with van der Waals surface area (Å²) in [7, 11) is 2.12. The number of likely N-dealkylation sites (tertiary alicyclic amines) is 1. The van der Waals surface area contributed by atoms with Crippen LogP contribution >= 0.6 is 11.6 Å². The third kappa shape index (κ3) is 4.22. The van der Waals surface area contributed by atoms with Crippen LogP contribution in [0.4, 0.5) is 0 Å². The van der Waals surface area contributed by atoms with Gasteiger partial charge in [-0.15, -0.1) is 0 Å². The van der Waals surface area contributed by atoms with E-state index in [4.69, 9.17) is 11.6 Å². The summed E-state index contributed by atoms with van der Waals surface area (Å²) in [5.41, 5.74) is 3.84. The Bertz CT molecular complexity index is 746. The molecule has 1 aromatic heterocycles. The van der Waals surface area contributed by atoms with Crippen molar-refractivity contribution in [1.29, 1.82) is 0 Å². The number of amides is 1. The summed E-state index contributed by atoms with van der Waals surface area (Å²) < 4.78 is 1.88. The minimum atomic E-state index is 0.0800. The first-order valence-electron chi connectivity index (χ1n) is 8.73. The summed E-state index contributed by atoms with van der Waals surface area (Å²) in [6, 6.07) is 7.85. The van der Waals surface area contributed by atoms with E-state index in [0.29, 0.717) is 11.4 Å². The Labute approximate surface area is 154 Å². The number of hydrogen-bond donors (Lipinski definition) is 1. The van der Waals surface area contributed by atoms with Gasteiger partial charge in [0.05, 0.1) is 17.8 Å². The van der Waals surface area contributed by atoms with Gasteiger partial charge in [0.25, 0.3) is 0 Å². The van der Waals surface area contributed by atoms with Crippen molar-refractivity contribution in [3.05, 3.63) is 46.2 Å². The van der Waals surface area contributed by atoms with E-state index < -0.39 is 0 Å². The van der Waals surface area contributed by atoms with Gasteiger partial charge < -0.3 is 10.2 Å². The lowest BCUT2D eigenvalue weighted by atomic mass is 10.0. The quantitative estimate of drug-likeness (QED) is 0.912. The van der Waals surface area contributed by atoms with E-state index in [1.165, 1.54) is 0 Å². The monoisotopic (exact) mass is 360 g/mol. The molecule has 1 aliphatic rings. The van der Waals surface area contributed by atoms with Crippen LogP contribution in [0.2, 0.25) is 5.02 Å². The molecule has 1 N–H and O–H groups in total. The number of nitrogens with zero attached hydrogens (tertiary/aromatic N) is 3. The van der Waals surface area contributed by atoms with E-state index in [0.717, 1.165) is 48.6 Å². The van der Waals surface area contributed by atoms with Gasteiger partial charge in [-0.25, -0.2) is 4.68 Å². The third-order valence-corrected chi connectivity index (χ3v) is 5.19. The largest absolute Gasteiger partial charge is 0.353 e. The van der Waals surface area contributed by atoms with Gasteiger partial charge in [-0.2, -0.15) is 5.10 Å². The number of aryl methyl sites for hydroxylation is 1. The Morgan fingerprint density at radius 2 is 1.88 bits per heavy atom. The van der Waals surface area contributed by atoms with Crippen molar-refractivity contribution >= 4 is 17.5 Å². The number of piperidine rings is 1. The predicted molar refractivity (Wildman–Crippen MR) is 100 cm³/mol. The summed E-state index contributed by atoms with van der Waals surface area (Å²) in [6.45, 7) is 6.04. The highest BCUT2D eigenvalue weighted by atomic mass is 35.5. The number of halogens is 1. The number of benzene rings is 1. The number of aromatic nitrogens is 2. The average Bonchev–Trinajstić information content (AvgIpc) is 2.86. The van der Waals surface area contributed by atoms with Gasteiger partial charge in [-0.1, -0.05) is 11.6 Å². The van der Waals surface area contributed by atoms with Gasteiger partial charge in [0.15, 0.2) is 0 Å². The number of carbonyl (C=O) groups is 1. The molecule has 25 heavy (non-hydrogen) atoms. The van der Waals surface area contributed by atoms with Crippen LogP contribution in [0.5, 0.6) is 0 Å². The van der Waals surface area contributed by atoms with Crippen molar-refractivity contribution in [2.75, 3.05) is 20.1 Å². The highest BCUT2D eigenvalue weighted by molar-refractivity contribution is 6.30. The zero-order valence-corrected chi connectivity index (χ0v) is 15.8. The highest BCUT2D eigenvalue weighted by Crippen LogP contribution is 2.20. The van der Waals surface area contributed by atoms with E-state index in [-0.39, 0.29) is 11.9 Å². The normalized spacial score (nSPS) is 16.2. The van der Waals surface area contributed by atoms with E-state index in [1.54, 1.807) is 0 Å². The van der Waals surface area contributed by atoms with Crippen LogP contribution in [-0.4, -0.2) is 46.8 Å². The SMILES string of the molecule is Cc1nn(-c2ccc(Cl)cc2)c(C)c1CC(=O)NC1CCN(C)CC1. The van der Waals surface area contributed by atoms with Gasteiger partial charge in [0.1, 0.15) is 0 Å². The molecular weight excluding hydrogens is 336 g/mol. The molecule has 0 atom stereocenters. The molecule has 0 spiro atoms. The molecule has 6 heteroatoms. The lowest BCUT2D eigenvalue weighted by Gasteiger charge is -2.29. The molecule has 134 valence electrons. The second-order valence-electron chi connectivity index (χ2n) is 6.86. The van der Waals surface area contributed by atoms with Gasteiger partial charge >= 0.3 is 0 Å². The van der Waals surface area contributed by atoms with E-state index in [2.05, 4.69) is 22.4 Å². The minimum Gasteiger partial charge on any atom is -0.353 e. The van der Waals surface area contributed by atoms with Crippen molar-refractivity contribution in [3.63, 3.8) is 0 Å². The topological polar surface area (TPSA) is 50.2 Å². The fourth-order valence-electron chi connectivity index (χ4n) is 3.36. The lowest BCUT2D eigenvalue weighted by Crippen LogP contribution is -2.43. The molecule has 0 bridgehead atoms. The summed E-state index contributed by atoms with van der Waals surface area (Å²) in [6.07, 6.45) is 2.41. The minimum absolute atomic E-state index is 0.0800. The fraction of sp³-hybridized carbons (Fsp3) is 0.474. The molecule has 1 saturated heterocycles. The number of rotatable bonds is 4. The first-order chi connectivity index (χ1) is 11.9. The molecular formula is C19H25ClN4O. The maximum absolute atomic E-state index is 12.5. The van der Waals surface area contributed by atoms with E-state index in [9.17, 15) is 4.79 Å². The molecule has 1 fully saturated rings. The Morgan fingerprint density at radius 3 is 2.52 bits per heavy atom. The summed E-state index contributed by atoms with van der Waals surface area (Å²) in [5.74, 6) is 0.0800. The summed E-state index contributed by atoms with van der Waals surface area (Å²) in [5, 5.41) is 8.48. The van der Waals surface area contributed by atoms with Crippen LogP contribution in [0.1, 0.15) is 29.8 Å². The fourth-order valence-corrected chi connectivity index (χ4v) is 3.48. The third-order valence-electron chi connectivity index (χ3n) is 4.93. The Balaban J connectivity index is 1.70. The maximum atomic E-state index is 12.5. The summed E-state index contributed by atoms with van der Waals surface area (Å²) in [4.78, 5) is 14.8. The zero-order valence-electron chi connectivity index (χ0n) is 15.1. The van der Waals surface area contributed by atoms with E-state index >= 15 is 0 Å². The Morgan fingerprint density at radius 1 is 1.24 bits per heavy atom. The van der Waals surface area contributed by atoms with Gasteiger partial charge in [0, 0.05) is 22.3 Å². The molecule has 5 nitrogen and oxygen atoms in total. The standard InChI is InChI=1S/C19H25ClN4O/c1-13-18(12-19(25)21-16-8-10-23(3)11-9-16)14(2)24(22-13)17-6-4-15(20)5-7-17/h4-7,16H,8-12H2,1-3H3,(H,21,25). The van der Waals surface area contributed by atoms with Crippen LogP contribution in [-0.2, 0) is 11.2 Å². The van der Waals surface area contributed by atoms with Crippen LogP contribution in [0.3, 0.4) is 0 Å². The first-order valence-corrected chi connectivity index (χ1v) is 9.11. The molecule has 0 unspecified atom stereocenters. The number of hydrogen-bond acceptors (Lipinski definition) is 3. The number of carbonyl (C=O) groups excluding carboxylic acids is 1. The second kappa shape index (κ2) is 7.58. The zero-order chi connectivity index (χ0) is 18.0. The summed E-state index contributed by atoms with van der Waals surface area (Å²) >= 11 is 5.96. The Hall–Kier alpha value is -1.85. The van der Waals surface area contributed by atoms with Crippen LogP contribution in [0, 0.1) is 13.8 Å². The van der Waals surface area contributed by atoms with Gasteiger partial charge in [-0.3, -0.25) is 4.79 Å². The van der Waals surface area contributed by atoms with Crippen molar-refractivity contribution < 1.29 is 4.79 Å². The Kier molecular flexibility index (Phi) is 5.45. The van der Waals surface area contributed by atoms with Gasteiger partial charge in [-0.05, 0) is 71.1 Å². The van der Waals surface area contributed by atoms with Gasteiger partial charge in [0.2, 0.25) is 5.91 Å². The molecule has 2 aromatic rings. The molecule has 2 heterocycles. The predicted octanol–water partition coefficient (Wildman–Crippen LogP) is 2.90. The van der Waals surface area contributed by atoms with E-state index in [1.807, 2.05) is 42.8 Å². The maximum Gasteiger partial charge on any atom is 0.224 e. The second-order valence-corrected chi connectivity index (χ2v) is 7.30. The van der Waals surface area contributed by atoms with Crippen molar-refractivity contribution in [3.8, 4) is 5.69 Å². The lowest BCUT2D eigenvalue weighted by molar-refractivity contribution is -0.121. The van der Waals surface area contributed by atoms with Crippen molar-refractivity contribution in [1.82, 2.24) is 20.0 Å². The molecule has 1 aromatic carbocycles. The molecule has 1 amide bonds. The first kappa shape index (κ1) is 18.0. The van der Waals surface area contributed by atoms with Crippen molar-refractivity contribution in [2.45, 2.75) is 39.2 Å². The van der Waals surface area contributed by atoms with Crippen LogP contribution < -0.4 is 5.32 Å². The molecule has 1 aliphatic heterocycles. The smallest absolute Gasteiger partial charge is 0.224 e. The highest BCUT2D eigenvalue weighted by Gasteiger charge is 2.21. The molecule has 0 saturated carbocycles. The van der Waals surface area contributed by atoms with Crippen LogP contribution in [0.25, 0.3) is 5.69 Å². The molecule has 0 radical (unpaired) electrons. The van der Waals surface area contributed by atoms with Crippen LogP contribution in [0.15, 0.2) is 24.3 Å². The number of nitrogens with one attached hydrogen (secondary N) is 1.